The molecule has 0 fully saturated rings. The molecule has 1 aromatic heterocycles. The van der Waals surface area contributed by atoms with Gasteiger partial charge in [-0.3, -0.25) is 0 Å². The highest BCUT2D eigenvalue weighted by molar-refractivity contribution is 7.99. The molecule has 1 heterocycles. The SMILES string of the molecule is Cc1ccc(C(Sc2ccc(OCC(=O)O)c(C(F)(F)F)c2)c2cn[nH]n2)cc1C(F)(F)F. The van der Waals surface area contributed by atoms with E-state index in [2.05, 4.69) is 15.4 Å². The van der Waals surface area contributed by atoms with Crippen LogP contribution in [0, 0.1) is 6.92 Å². The Bertz CT molecular complexity index is 1130. The lowest BCUT2D eigenvalue weighted by atomic mass is 10.0. The minimum absolute atomic E-state index is 0.00515. The van der Waals surface area contributed by atoms with Gasteiger partial charge in [0.05, 0.1) is 22.6 Å². The van der Waals surface area contributed by atoms with Gasteiger partial charge in [-0.25, -0.2) is 4.79 Å². The van der Waals surface area contributed by atoms with Crippen LogP contribution < -0.4 is 4.74 Å². The molecule has 2 N–H and O–H groups in total. The Morgan fingerprint density at radius 1 is 1.09 bits per heavy atom. The molecule has 33 heavy (non-hydrogen) atoms. The lowest BCUT2D eigenvalue weighted by Gasteiger charge is -2.19. The summed E-state index contributed by atoms with van der Waals surface area (Å²) in [5.41, 5.74) is -1.73. The highest BCUT2D eigenvalue weighted by Crippen LogP contribution is 2.45. The maximum Gasteiger partial charge on any atom is 0.420 e. The van der Waals surface area contributed by atoms with Crippen LogP contribution in [0.2, 0.25) is 0 Å². The number of halogens is 6. The summed E-state index contributed by atoms with van der Waals surface area (Å²) in [6, 6.07) is 6.60. The topological polar surface area (TPSA) is 88.1 Å². The van der Waals surface area contributed by atoms with Crippen molar-refractivity contribution < 1.29 is 41.0 Å². The molecule has 0 saturated heterocycles. The largest absolute Gasteiger partial charge is 0.481 e. The normalized spacial score (nSPS) is 13.1. The van der Waals surface area contributed by atoms with Crippen molar-refractivity contribution in [3.63, 3.8) is 0 Å². The fourth-order valence-electron chi connectivity index (χ4n) is 2.95. The molecule has 0 aliphatic heterocycles. The third-order valence-electron chi connectivity index (χ3n) is 4.43. The van der Waals surface area contributed by atoms with E-state index < -0.39 is 47.1 Å². The van der Waals surface area contributed by atoms with Crippen LogP contribution in [0.4, 0.5) is 26.3 Å². The number of H-pyrrole nitrogens is 1. The van der Waals surface area contributed by atoms with Crippen molar-refractivity contribution >= 4 is 17.7 Å². The predicted molar refractivity (Wildman–Crippen MR) is 105 cm³/mol. The van der Waals surface area contributed by atoms with Gasteiger partial charge in [0.25, 0.3) is 0 Å². The van der Waals surface area contributed by atoms with Gasteiger partial charge in [0.2, 0.25) is 0 Å². The van der Waals surface area contributed by atoms with E-state index in [0.29, 0.717) is 0 Å². The summed E-state index contributed by atoms with van der Waals surface area (Å²) in [6.07, 6.45) is -8.22. The van der Waals surface area contributed by atoms with Gasteiger partial charge in [-0.05, 0) is 42.3 Å². The molecule has 0 bridgehead atoms. The van der Waals surface area contributed by atoms with Gasteiger partial charge in [0.15, 0.2) is 6.61 Å². The molecule has 0 radical (unpaired) electrons. The molecule has 1 unspecified atom stereocenters. The Kier molecular flexibility index (Phi) is 6.91. The second-order valence-corrected chi connectivity index (χ2v) is 7.98. The predicted octanol–water partition coefficient (Wildman–Crippen LogP) is 5.50. The first-order valence-electron chi connectivity index (χ1n) is 9.12. The van der Waals surface area contributed by atoms with E-state index in [4.69, 9.17) is 9.84 Å². The number of carboxylic acid groups (broad SMARTS) is 1. The summed E-state index contributed by atoms with van der Waals surface area (Å²) in [5, 5.41) is 17.6. The smallest absolute Gasteiger partial charge is 0.420 e. The highest BCUT2D eigenvalue weighted by Gasteiger charge is 2.36. The van der Waals surface area contributed by atoms with Crippen LogP contribution in [-0.4, -0.2) is 33.1 Å². The fraction of sp³-hybridized carbons (Fsp3) is 0.250. The Balaban J connectivity index is 2.03. The lowest BCUT2D eigenvalue weighted by molar-refractivity contribution is -0.143. The number of carbonyl (C=O) groups is 1. The van der Waals surface area contributed by atoms with Crippen LogP contribution in [0.3, 0.4) is 0 Å². The van der Waals surface area contributed by atoms with Gasteiger partial charge in [-0.2, -0.15) is 41.8 Å². The Morgan fingerprint density at radius 2 is 1.79 bits per heavy atom. The number of alkyl halides is 6. The maximum absolute atomic E-state index is 13.5. The van der Waals surface area contributed by atoms with Crippen molar-refractivity contribution in [1.82, 2.24) is 15.4 Å². The highest BCUT2D eigenvalue weighted by atomic mass is 32.2. The van der Waals surface area contributed by atoms with E-state index in [-0.39, 0.29) is 21.7 Å². The quantitative estimate of drug-likeness (QED) is 0.336. The molecule has 13 heteroatoms. The molecule has 2 aromatic carbocycles. The van der Waals surface area contributed by atoms with Crippen LogP contribution >= 0.6 is 11.8 Å². The van der Waals surface area contributed by atoms with Crippen LogP contribution in [0.25, 0.3) is 0 Å². The van der Waals surface area contributed by atoms with Gasteiger partial charge in [-0.15, -0.1) is 11.8 Å². The van der Waals surface area contributed by atoms with Crippen molar-refractivity contribution in [2.45, 2.75) is 29.4 Å². The zero-order chi connectivity index (χ0) is 24.4. The van der Waals surface area contributed by atoms with E-state index in [1.54, 1.807) is 0 Å². The zero-order valence-corrected chi connectivity index (χ0v) is 17.5. The van der Waals surface area contributed by atoms with Crippen molar-refractivity contribution in [2.75, 3.05) is 6.61 Å². The number of aromatic nitrogens is 3. The summed E-state index contributed by atoms with van der Waals surface area (Å²) >= 11 is 0.826. The minimum atomic E-state index is -4.86. The number of thioether (sulfide) groups is 1. The van der Waals surface area contributed by atoms with Crippen LogP contribution in [0.15, 0.2) is 47.5 Å². The zero-order valence-electron chi connectivity index (χ0n) is 16.7. The molecule has 3 aromatic rings. The molecule has 0 aliphatic carbocycles. The third kappa shape index (κ3) is 5.97. The summed E-state index contributed by atoms with van der Waals surface area (Å²) in [7, 11) is 0. The molecule has 0 saturated carbocycles. The molecule has 0 amide bonds. The van der Waals surface area contributed by atoms with Gasteiger partial charge >= 0.3 is 18.3 Å². The number of benzene rings is 2. The number of rotatable bonds is 7. The second kappa shape index (κ2) is 9.33. The number of nitrogens with one attached hydrogen (secondary N) is 1. The first-order chi connectivity index (χ1) is 15.4. The first-order valence-corrected chi connectivity index (χ1v) is 10.00. The maximum atomic E-state index is 13.5. The number of aryl methyl sites for hydroxylation is 1. The van der Waals surface area contributed by atoms with Crippen molar-refractivity contribution in [3.05, 3.63) is 70.5 Å². The minimum Gasteiger partial charge on any atom is -0.481 e. The average molecular weight is 491 g/mol. The van der Waals surface area contributed by atoms with Crippen molar-refractivity contribution in [1.29, 1.82) is 0 Å². The van der Waals surface area contributed by atoms with E-state index in [0.717, 1.165) is 30.0 Å². The Hall–Kier alpha value is -3.22. The number of ether oxygens (including phenoxy) is 1. The van der Waals surface area contributed by atoms with E-state index in [1.165, 1.54) is 31.3 Å². The van der Waals surface area contributed by atoms with Crippen LogP contribution in [-0.2, 0) is 17.1 Å². The van der Waals surface area contributed by atoms with Gasteiger partial charge < -0.3 is 9.84 Å². The van der Waals surface area contributed by atoms with Crippen molar-refractivity contribution in [3.8, 4) is 5.75 Å². The second-order valence-electron chi connectivity index (χ2n) is 6.80. The Labute approximate surface area is 187 Å². The average Bonchev–Trinajstić information content (AvgIpc) is 3.24. The van der Waals surface area contributed by atoms with E-state index in [1.807, 2.05) is 0 Å². The molecule has 0 spiro atoms. The van der Waals surface area contributed by atoms with E-state index in [9.17, 15) is 31.1 Å². The summed E-state index contributed by atoms with van der Waals surface area (Å²) in [4.78, 5) is 10.7. The van der Waals surface area contributed by atoms with Crippen LogP contribution in [0.5, 0.6) is 5.75 Å². The molecule has 176 valence electrons. The molecular weight excluding hydrogens is 476 g/mol. The lowest BCUT2D eigenvalue weighted by Crippen LogP contribution is -2.14. The monoisotopic (exact) mass is 491 g/mol. The molecule has 1 atom stereocenters. The summed E-state index contributed by atoms with van der Waals surface area (Å²) < 4.78 is 85.5. The van der Waals surface area contributed by atoms with E-state index >= 15 is 0 Å². The number of hydrogen-bond donors (Lipinski definition) is 2. The number of carboxylic acids is 1. The van der Waals surface area contributed by atoms with Gasteiger partial charge in [-0.1, -0.05) is 12.1 Å². The van der Waals surface area contributed by atoms with Crippen molar-refractivity contribution in [2.24, 2.45) is 0 Å². The molecule has 3 rings (SSSR count). The summed E-state index contributed by atoms with van der Waals surface area (Å²) in [5.74, 6) is -2.13. The summed E-state index contributed by atoms with van der Waals surface area (Å²) in [6.45, 7) is 0.330. The van der Waals surface area contributed by atoms with Crippen LogP contribution in [0.1, 0.15) is 33.2 Å². The first kappa shape index (κ1) is 24.4. The fourth-order valence-corrected chi connectivity index (χ4v) is 4.07. The Morgan fingerprint density at radius 3 is 2.36 bits per heavy atom. The standard InChI is InChI=1S/C20H15F6N3O3S/c1-10-2-3-11(6-13(10)19(21,22)23)18(15-8-27-29-28-15)33-12-4-5-16(32-9-17(30)31)14(7-12)20(24,25)26/h2-8,18H,9H2,1H3,(H,30,31)(H,27,28,29). The molecular formula is C20H15F6N3O3S. The van der Waals surface area contributed by atoms with Gasteiger partial charge in [0, 0.05) is 4.90 Å². The number of aromatic amines is 1. The number of aliphatic carboxylic acids is 1. The van der Waals surface area contributed by atoms with Gasteiger partial charge in [0.1, 0.15) is 11.4 Å². The number of nitrogens with zero attached hydrogens (tertiary/aromatic N) is 2. The molecule has 0 aliphatic rings. The number of hydrogen-bond acceptors (Lipinski definition) is 5. The third-order valence-corrected chi connectivity index (χ3v) is 5.71. The molecule has 6 nitrogen and oxygen atoms in total.